The number of phenols is 1. The average molecular weight is 515 g/mol. The predicted molar refractivity (Wildman–Crippen MR) is 145 cm³/mol. The Morgan fingerprint density at radius 3 is 2.66 bits per heavy atom. The molecule has 0 aliphatic carbocycles. The molecule has 7 rings (SSSR count). The van der Waals surface area contributed by atoms with Crippen molar-refractivity contribution >= 4 is 27.5 Å². The van der Waals surface area contributed by atoms with Crippen molar-refractivity contribution in [1.29, 1.82) is 0 Å². The number of aromatic nitrogens is 2. The van der Waals surface area contributed by atoms with E-state index in [1.54, 1.807) is 18.2 Å². The highest BCUT2D eigenvalue weighted by Crippen LogP contribution is 2.39. The molecule has 0 radical (unpaired) electrons. The minimum atomic E-state index is -0.439. The lowest BCUT2D eigenvalue weighted by molar-refractivity contribution is 0.0336. The van der Waals surface area contributed by atoms with Gasteiger partial charge >= 0.3 is 6.01 Å². The van der Waals surface area contributed by atoms with Crippen molar-refractivity contribution in [3.05, 3.63) is 54.3 Å². The summed E-state index contributed by atoms with van der Waals surface area (Å²) in [5.41, 5.74) is 1.25. The van der Waals surface area contributed by atoms with E-state index in [1.165, 1.54) is 0 Å². The maximum Gasteiger partial charge on any atom is 0.319 e. The second-order valence-corrected chi connectivity index (χ2v) is 10.8. The van der Waals surface area contributed by atoms with Gasteiger partial charge in [-0.05, 0) is 60.2 Å². The molecule has 4 heterocycles. The van der Waals surface area contributed by atoms with Crippen LogP contribution in [0, 0.1) is 11.7 Å². The molecule has 3 aliphatic heterocycles. The first-order valence-corrected chi connectivity index (χ1v) is 13.6. The molecule has 2 bridgehead atoms. The molecule has 0 saturated carbocycles. The summed E-state index contributed by atoms with van der Waals surface area (Å²) in [6, 6.07) is 15.7. The van der Waals surface area contributed by atoms with E-state index in [4.69, 9.17) is 14.5 Å². The van der Waals surface area contributed by atoms with Crippen LogP contribution in [0.15, 0.2) is 48.5 Å². The van der Waals surface area contributed by atoms with E-state index >= 15 is 4.39 Å². The van der Waals surface area contributed by atoms with E-state index in [0.29, 0.717) is 41.8 Å². The monoisotopic (exact) mass is 514 g/mol. The molecule has 0 spiro atoms. The van der Waals surface area contributed by atoms with E-state index in [0.717, 1.165) is 62.0 Å². The third kappa shape index (κ3) is 4.31. The van der Waals surface area contributed by atoms with Crippen molar-refractivity contribution in [3.63, 3.8) is 0 Å². The Bertz CT molecular complexity index is 1490. The molecule has 2 N–H and O–H groups in total. The molecule has 3 fully saturated rings. The van der Waals surface area contributed by atoms with E-state index < -0.39 is 5.82 Å². The Morgan fingerprint density at radius 1 is 1.00 bits per heavy atom. The van der Waals surface area contributed by atoms with Gasteiger partial charge in [0.15, 0.2) is 5.82 Å². The summed E-state index contributed by atoms with van der Waals surface area (Å²) in [6.45, 7) is 3.52. The summed E-state index contributed by atoms with van der Waals surface area (Å²) < 4.78 is 28.1. The number of nitrogens with zero attached hydrogens (tertiary/aromatic N) is 3. The number of phenolic OH excluding ortho intramolecular Hbond substituents is 1. The average Bonchev–Trinajstić information content (AvgIpc) is 3.29. The lowest BCUT2D eigenvalue weighted by atomic mass is 9.96. The highest BCUT2D eigenvalue weighted by atomic mass is 19.1. The minimum absolute atomic E-state index is 0.0941. The third-order valence-corrected chi connectivity index (χ3v) is 8.12. The van der Waals surface area contributed by atoms with Crippen molar-refractivity contribution in [1.82, 2.24) is 15.3 Å². The van der Waals surface area contributed by atoms with Crippen LogP contribution >= 0.6 is 0 Å². The van der Waals surface area contributed by atoms with Gasteiger partial charge in [0.05, 0.1) is 13.2 Å². The quantitative estimate of drug-likeness (QED) is 0.386. The number of aromatic hydroxyl groups is 1. The highest BCUT2D eigenvalue weighted by Gasteiger charge is 2.34. The van der Waals surface area contributed by atoms with Gasteiger partial charge < -0.3 is 24.8 Å². The zero-order chi connectivity index (χ0) is 25.6. The molecule has 3 saturated heterocycles. The molecule has 0 amide bonds. The van der Waals surface area contributed by atoms with E-state index in [-0.39, 0.29) is 23.2 Å². The molecule has 8 heteroatoms. The van der Waals surface area contributed by atoms with Gasteiger partial charge in [0.2, 0.25) is 0 Å². The second-order valence-electron chi connectivity index (χ2n) is 10.8. The predicted octanol–water partition coefficient (Wildman–Crippen LogP) is 5.04. The van der Waals surface area contributed by atoms with Gasteiger partial charge in [-0.2, -0.15) is 9.97 Å². The Hall–Kier alpha value is -3.49. The van der Waals surface area contributed by atoms with Crippen LogP contribution in [0.1, 0.15) is 25.7 Å². The molecule has 4 aromatic rings. The van der Waals surface area contributed by atoms with Gasteiger partial charge in [-0.25, -0.2) is 4.39 Å². The van der Waals surface area contributed by atoms with E-state index in [9.17, 15) is 5.11 Å². The Balaban J connectivity index is 1.34. The first-order chi connectivity index (χ1) is 18.6. The summed E-state index contributed by atoms with van der Waals surface area (Å²) in [5.74, 6) is 0.647. The van der Waals surface area contributed by atoms with Crippen molar-refractivity contribution in [2.45, 2.75) is 37.8 Å². The number of anilines is 1. The SMILES string of the molecule is Oc1cc(-c2ccc3c(N4CC5CCC(C4)N5)nc(OCC4CCCOC4)nc3c2F)c2ccccc2c1. The number of fused-ring (bicyclic) bond motifs is 4. The van der Waals surface area contributed by atoms with Gasteiger partial charge in [-0.1, -0.05) is 30.3 Å². The van der Waals surface area contributed by atoms with Crippen LogP contribution in [-0.4, -0.2) is 60.1 Å². The number of piperazine rings is 1. The third-order valence-electron chi connectivity index (χ3n) is 8.12. The van der Waals surface area contributed by atoms with Crippen LogP contribution in [-0.2, 0) is 4.74 Å². The van der Waals surface area contributed by atoms with Crippen LogP contribution < -0.4 is 15.0 Å². The molecular formula is C30H31FN4O3. The maximum atomic E-state index is 16.4. The van der Waals surface area contributed by atoms with E-state index in [2.05, 4.69) is 15.2 Å². The molecule has 38 heavy (non-hydrogen) atoms. The zero-order valence-corrected chi connectivity index (χ0v) is 21.2. The van der Waals surface area contributed by atoms with E-state index in [1.807, 2.05) is 30.3 Å². The minimum Gasteiger partial charge on any atom is -0.508 e. The van der Waals surface area contributed by atoms with Crippen LogP contribution in [0.4, 0.5) is 10.2 Å². The normalized spacial score (nSPS) is 23.3. The maximum absolute atomic E-state index is 16.4. The van der Waals surface area contributed by atoms with Crippen molar-refractivity contribution in [2.24, 2.45) is 5.92 Å². The molecule has 3 aliphatic rings. The standard InChI is InChI=1S/C30H31FN4O3/c31-27-24(26-13-22(36)12-19-5-1-2-6-23(19)26)9-10-25-28(27)33-30(38-17-18-4-3-11-37-16-18)34-29(25)35-14-20-7-8-21(15-35)32-20/h1-2,5-6,9-10,12-13,18,20-21,32,36H,3-4,7-8,11,14-17H2. The molecular weight excluding hydrogens is 483 g/mol. The van der Waals surface area contributed by atoms with Crippen LogP contribution in [0.2, 0.25) is 0 Å². The summed E-state index contributed by atoms with van der Waals surface area (Å²) in [7, 11) is 0. The molecule has 3 aromatic carbocycles. The highest BCUT2D eigenvalue weighted by molar-refractivity contribution is 6.01. The van der Waals surface area contributed by atoms with Crippen molar-refractivity contribution in [2.75, 3.05) is 37.8 Å². The molecule has 1 aromatic heterocycles. The van der Waals surface area contributed by atoms with Crippen LogP contribution in [0.5, 0.6) is 11.8 Å². The van der Waals surface area contributed by atoms with Crippen LogP contribution in [0.25, 0.3) is 32.8 Å². The number of nitrogens with one attached hydrogen (secondary N) is 1. The molecule has 3 atom stereocenters. The summed E-state index contributed by atoms with van der Waals surface area (Å²) in [5, 5.41) is 16.4. The summed E-state index contributed by atoms with van der Waals surface area (Å²) in [6.07, 6.45) is 4.32. The van der Waals surface area contributed by atoms with Crippen molar-refractivity contribution < 1.29 is 19.0 Å². The Labute approximate surface area is 220 Å². The number of halogens is 1. The van der Waals surface area contributed by atoms with Crippen molar-refractivity contribution in [3.8, 4) is 22.9 Å². The first kappa shape index (κ1) is 23.6. The molecule has 7 nitrogen and oxygen atoms in total. The van der Waals surface area contributed by atoms with Gasteiger partial charge in [0.1, 0.15) is 17.1 Å². The molecule has 196 valence electrons. The second kappa shape index (κ2) is 9.67. The summed E-state index contributed by atoms with van der Waals surface area (Å²) >= 11 is 0. The Morgan fingerprint density at radius 2 is 1.84 bits per heavy atom. The number of ether oxygens (including phenoxy) is 2. The van der Waals surface area contributed by atoms with Crippen LogP contribution in [0.3, 0.4) is 0 Å². The topological polar surface area (TPSA) is 79.7 Å². The smallest absolute Gasteiger partial charge is 0.319 e. The zero-order valence-electron chi connectivity index (χ0n) is 21.2. The first-order valence-electron chi connectivity index (χ1n) is 13.6. The fraction of sp³-hybridized carbons (Fsp3) is 0.400. The Kier molecular flexibility index (Phi) is 6.01. The number of benzene rings is 3. The largest absolute Gasteiger partial charge is 0.508 e. The number of hydrogen-bond acceptors (Lipinski definition) is 7. The van der Waals surface area contributed by atoms with Gasteiger partial charge in [0.25, 0.3) is 0 Å². The number of hydrogen-bond donors (Lipinski definition) is 2. The lowest BCUT2D eigenvalue weighted by Gasteiger charge is -2.34. The van der Waals surface area contributed by atoms with Gasteiger partial charge in [-0.15, -0.1) is 0 Å². The number of rotatable bonds is 5. The lowest BCUT2D eigenvalue weighted by Crippen LogP contribution is -2.51. The summed E-state index contributed by atoms with van der Waals surface area (Å²) in [4.78, 5) is 11.7. The fourth-order valence-corrected chi connectivity index (χ4v) is 6.26. The van der Waals surface area contributed by atoms with Gasteiger partial charge in [0, 0.05) is 48.6 Å². The fourth-order valence-electron chi connectivity index (χ4n) is 6.26. The van der Waals surface area contributed by atoms with Gasteiger partial charge in [-0.3, -0.25) is 0 Å². The molecule has 3 unspecified atom stereocenters.